The van der Waals surface area contributed by atoms with Gasteiger partial charge in [0.1, 0.15) is 12.1 Å². The molecule has 0 saturated heterocycles. The second-order valence-electron chi connectivity index (χ2n) is 5.64. The Kier molecular flexibility index (Phi) is 5.14. The summed E-state index contributed by atoms with van der Waals surface area (Å²) < 4.78 is 18.5. The minimum atomic E-state index is -0.479. The second kappa shape index (κ2) is 7.49. The van der Waals surface area contributed by atoms with Crippen LogP contribution in [0.25, 0.3) is 11.5 Å². The van der Waals surface area contributed by atoms with Crippen LogP contribution in [0.1, 0.15) is 21.6 Å². The maximum atomic E-state index is 13.0. The first-order valence-corrected chi connectivity index (χ1v) is 8.15. The summed E-state index contributed by atoms with van der Waals surface area (Å²) in [5.41, 5.74) is 3.04. The molecule has 1 N–H and O–H groups in total. The Balaban J connectivity index is 1.57. The summed E-state index contributed by atoms with van der Waals surface area (Å²) >= 11 is 5.87. The molecule has 0 aliphatic rings. The molecular weight excluding hydrogens is 343 g/mol. The number of rotatable bonds is 5. The fourth-order valence-corrected chi connectivity index (χ4v) is 2.58. The predicted octanol–water partition coefficient (Wildman–Crippen LogP) is 4.42. The first-order chi connectivity index (χ1) is 12.0. The van der Waals surface area contributed by atoms with E-state index < -0.39 is 5.82 Å². The summed E-state index contributed by atoms with van der Waals surface area (Å²) in [6, 6.07) is 11.6. The lowest BCUT2D eigenvalue weighted by molar-refractivity contribution is 0.0954. The molecule has 0 aliphatic carbocycles. The van der Waals surface area contributed by atoms with E-state index in [-0.39, 0.29) is 16.5 Å². The molecule has 0 spiro atoms. The number of aromatic nitrogens is 1. The van der Waals surface area contributed by atoms with E-state index in [1.807, 2.05) is 31.2 Å². The molecular formula is C19H16ClFN2O2. The summed E-state index contributed by atoms with van der Waals surface area (Å²) in [5, 5.41) is 2.82. The Labute approximate surface area is 149 Å². The Hall–Kier alpha value is -2.66. The SMILES string of the molecule is Cc1ccc(-c2nc(CCNC(=O)c3ccc(F)cc3Cl)co2)cc1. The Morgan fingerprint density at radius 1 is 1.24 bits per heavy atom. The molecule has 0 fully saturated rings. The number of carbonyl (C=O) groups is 1. The third-order valence-corrected chi connectivity index (χ3v) is 4.01. The molecule has 25 heavy (non-hydrogen) atoms. The van der Waals surface area contributed by atoms with Crippen LogP contribution < -0.4 is 5.32 Å². The maximum absolute atomic E-state index is 13.0. The van der Waals surface area contributed by atoms with Crippen molar-refractivity contribution >= 4 is 17.5 Å². The Morgan fingerprint density at radius 3 is 2.72 bits per heavy atom. The maximum Gasteiger partial charge on any atom is 0.252 e. The minimum absolute atomic E-state index is 0.0839. The highest BCUT2D eigenvalue weighted by atomic mass is 35.5. The zero-order chi connectivity index (χ0) is 17.8. The van der Waals surface area contributed by atoms with Crippen molar-refractivity contribution in [3.8, 4) is 11.5 Å². The number of oxazole rings is 1. The van der Waals surface area contributed by atoms with E-state index in [9.17, 15) is 9.18 Å². The molecule has 4 nitrogen and oxygen atoms in total. The molecule has 1 heterocycles. The molecule has 0 atom stereocenters. The van der Waals surface area contributed by atoms with Crippen molar-refractivity contribution in [2.45, 2.75) is 13.3 Å². The highest BCUT2D eigenvalue weighted by Gasteiger charge is 2.11. The lowest BCUT2D eigenvalue weighted by Crippen LogP contribution is -2.26. The predicted molar refractivity (Wildman–Crippen MR) is 94.1 cm³/mol. The number of hydrogen-bond donors (Lipinski definition) is 1. The highest BCUT2D eigenvalue weighted by Crippen LogP contribution is 2.19. The first-order valence-electron chi connectivity index (χ1n) is 7.77. The average Bonchev–Trinajstić information content (AvgIpc) is 3.04. The molecule has 3 aromatic rings. The van der Waals surface area contributed by atoms with Gasteiger partial charge in [0.2, 0.25) is 5.89 Å². The van der Waals surface area contributed by atoms with Gasteiger partial charge in [-0.2, -0.15) is 0 Å². The lowest BCUT2D eigenvalue weighted by atomic mass is 10.1. The monoisotopic (exact) mass is 358 g/mol. The third-order valence-electron chi connectivity index (χ3n) is 3.69. The van der Waals surface area contributed by atoms with Crippen LogP contribution in [0.3, 0.4) is 0 Å². The number of aryl methyl sites for hydroxylation is 1. The topological polar surface area (TPSA) is 55.1 Å². The molecule has 0 unspecified atom stereocenters. The van der Waals surface area contributed by atoms with E-state index >= 15 is 0 Å². The average molecular weight is 359 g/mol. The van der Waals surface area contributed by atoms with Crippen LogP contribution in [-0.2, 0) is 6.42 Å². The Bertz CT molecular complexity index is 891. The van der Waals surface area contributed by atoms with Crippen molar-refractivity contribution in [2.24, 2.45) is 0 Å². The third kappa shape index (κ3) is 4.25. The van der Waals surface area contributed by atoms with Crippen molar-refractivity contribution in [2.75, 3.05) is 6.54 Å². The largest absolute Gasteiger partial charge is 0.444 e. The number of carbonyl (C=O) groups excluding carboxylic acids is 1. The molecule has 128 valence electrons. The molecule has 1 amide bonds. The van der Waals surface area contributed by atoms with Gasteiger partial charge in [0, 0.05) is 18.5 Å². The standard InChI is InChI=1S/C19H16ClFN2O2/c1-12-2-4-13(5-3-12)19-23-15(11-25-19)8-9-22-18(24)16-7-6-14(21)10-17(16)20/h2-7,10-11H,8-9H2,1H3,(H,22,24). The smallest absolute Gasteiger partial charge is 0.252 e. The zero-order valence-electron chi connectivity index (χ0n) is 13.6. The van der Waals surface area contributed by atoms with Gasteiger partial charge in [-0.1, -0.05) is 29.3 Å². The van der Waals surface area contributed by atoms with Crippen LogP contribution in [0, 0.1) is 12.7 Å². The van der Waals surface area contributed by atoms with E-state index in [4.69, 9.17) is 16.0 Å². The molecule has 0 radical (unpaired) electrons. The summed E-state index contributed by atoms with van der Waals surface area (Å²) in [6.45, 7) is 2.38. The summed E-state index contributed by atoms with van der Waals surface area (Å²) in [7, 11) is 0. The summed E-state index contributed by atoms with van der Waals surface area (Å²) in [4.78, 5) is 16.5. The fraction of sp³-hybridized carbons (Fsp3) is 0.158. The highest BCUT2D eigenvalue weighted by molar-refractivity contribution is 6.33. The van der Waals surface area contributed by atoms with E-state index in [0.717, 1.165) is 22.9 Å². The van der Waals surface area contributed by atoms with Crippen molar-refractivity contribution in [1.29, 1.82) is 0 Å². The van der Waals surface area contributed by atoms with Crippen molar-refractivity contribution in [3.05, 3.63) is 76.4 Å². The van der Waals surface area contributed by atoms with Gasteiger partial charge < -0.3 is 9.73 Å². The second-order valence-corrected chi connectivity index (χ2v) is 6.05. The van der Waals surface area contributed by atoms with E-state index in [1.54, 1.807) is 6.26 Å². The number of benzene rings is 2. The molecule has 3 rings (SSSR count). The molecule has 0 aliphatic heterocycles. The van der Waals surface area contributed by atoms with Gasteiger partial charge >= 0.3 is 0 Å². The molecule has 6 heteroatoms. The number of halogens is 2. The van der Waals surface area contributed by atoms with Gasteiger partial charge in [-0.25, -0.2) is 9.37 Å². The first kappa shape index (κ1) is 17.2. The fourth-order valence-electron chi connectivity index (χ4n) is 2.32. The molecule has 2 aromatic carbocycles. The van der Waals surface area contributed by atoms with E-state index in [1.165, 1.54) is 12.1 Å². The van der Waals surface area contributed by atoms with Gasteiger partial charge in [-0.05, 0) is 37.3 Å². The van der Waals surface area contributed by atoms with Gasteiger partial charge in [0.05, 0.1) is 16.3 Å². The van der Waals surface area contributed by atoms with Gasteiger partial charge in [-0.15, -0.1) is 0 Å². The van der Waals surface area contributed by atoms with Crippen LogP contribution in [0.15, 0.2) is 53.1 Å². The quantitative estimate of drug-likeness (QED) is 0.734. The van der Waals surface area contributed by atoms with Crippen LogP contribution in [-0.4, -0.2) is 17.4 Å². The molecule has 0 bridgehead atoms. The number of hydrogen-bond acceptors (Lipinski definition) is 3. The van der Waals surface area contributed by atoms with Gasteiger partial charge in [0.15, 0.2) is 0 Å². The molecule has 0 saturated carbocycles. The van der Waals surface area contributed by atoms with Crippen LogP contribution >= 0.6 is 11.6 Å². The summed E-state index contributed by atoms with van der Waals surface area (Å²) in [6.07, 6.45) is 2.09. The van der Waals surface area contributed by atoms with Crippen LogP contribution in [0.5, 0.6) is 0 Å². The minimum Gasteiger partial charge on any atom is -0.444 e. The van der Waals surface area contributed by atoms with Gasteiger partial charge in [0.25, 0.3) is 5.91 Å². The zero-order valence-corrected chi connectivity index (χ0v) is 14.3. The van der Waals surface area contributed by atoms with Crippen LogP contribution in [0.4, 0.5) is 4.39 Å². The summed E-state index contributed by atoms with van der Waals surface area (Å²) in [5.74, 6) is -0.289. The molecule has 1 aromatic heterocycles. The number of nitrogens with zero attached hydrogens (tertiary/aromatic N) is 1. The van der Waals surface area contributed by atoms with E-state index in [0.29, 0.717) is 18.9 Å². The van der Waals surface area contributed by atoms with Crippen LogP contribution in [0.2, 0.25) is 5.02 Å². The van der Waals surface area contributed by atoms with Crippen molar-refractivity contribution in [1.82, 2.24) is 10.3 Å². The van der Waals surface area contributed by atoms with Gasteiger partial charge in [-0.3, -0.25) is 4.79 Å². The number of amides is 1. The lowest BCUT2D eigenvalue weighted by Gasteiger charge is -2.05. The van der Waals surface area contributed by atoms with Crippen molar-refractivity contribution in [3.63, 3.8) is 0 Å². The Morgan fingerprint density at radius 2 is 2.00 bits per heavy atom. The van der Waals surface area contributed by atoms with E-state index in [2.05, 4.69) is 10.3 Å². The number of nitrogens with one attached hydrogen (secondary N) is 1. The van der Waals surface area contributed by atoms with Crippen molar-refractivity contribution < 1.29 is 13.6 Å². The normalized spacial score (nSPS) is 10.7.